The Balaban J connectivity index is 2.47. The zero-order chi connectivity index (χ0) is 17.5. The smallest absolute Gasteiger partial charge is 0.324 e. The lowest BCUT2D eigenvalue weighted by Crippen LogP contribution is -2.55. The van der Waals surface area contributed by atoms with Crippen LogP contribution in [0.15, 0.2) is 42.5 Å². The highest BCUT2D eigenvalue weighted by molar-refractivity contribution is 6.04. The normalized spacial score (nSPS) is 13.2. The van der Waals surface area contributed by atoms with Gasteiger partial charge in [0.25, 0.3) is 0 Å². The fourth-order valence-electron chi connectivity index (χ4n) is 2.00. The van der Waals surface area contributed by atoms with Crippen LogP contribution in [0.4, 0.5) is 32.0 Å². The van der Waals surface area contributed by atoms with Gasteiger partial charge in [-0.3, -0.25) is 4.79 Å². The Morgan fingerprint density at radius 3 is 1.96 bits per heavy atom. The molecule has 0 aliphatic heterocycles. The van der Waals surface area contributed by atoms with Gasteiger partial charge >= 0.3 is 12.4 Å². The number of benzene rings is 2. The quantitative estimate of drug-likeness (QED) is 0.777. The van der Waals surface area contributed by atoms with Crippen molar-refractivity contribution in [3.05, 3.63) is 42.5 Å². The fraction of sp³-hybridized carbons (Fsp3) is 0.267. The van der Waals surface area contributed by atoms with Crippen LogP contribution in [0.25, 0.3) is 10.8 Å². The van der Waals surface area contributed by atoms with Crippen LogP contribution >= 0.6 is 0 Å². The van der Waals surface area contributed by atoms with Crippen molar-refractivity contribution in [2.24, 2.45) is 5.41 Å². The molecular weight excluding hydrogens is 324 g/mol. The second kappa shape index (κ2) is 5.43. The van der Waals surface area contributed by atoms with E-state index in [4.69, 9.17) is 0 Å². The third-order valence-electron chi connectivity index (χ3n) is 3.63. The molecule has 0 spiro atoms. The van der Waals surface area contributed by atoms with Crippen molar-refractivity contribution in [2.45, 2.75) is 19.3 Å². The highest BCUT2D eigenvalue weighted by Gasteiger charge is 2.72. The van der Waals surface area contributed by atoms with E-state index >= 15 is 0 Å². The van der Waals surface area contributed by atoms with E-state index in [2.05, 4.69) is 0 Å². The Morgan fingerprint density at radius 1 is 0.870 bits per heavy atom. The first kappa shape index (κ1) is 17.1. The molecule has 0 radical (unpaired) electrons. The van der Waals surface area contributed by atoms with Crippen LogP contribution < -0.4 is 5.32 Å². The van der Waals surface area contributed by atoms with Gasteiger partial charge in [-0.05, 0) is 18.4 Å². The van der Waals surface area contributed by atoms with Crippen molar-refractivity contribution < 1.29 is 31.1 Å². The summed E-state index contributed by atoms with van der Waals surface area (Å²) < 4.78 is 77.3. The maximum Gasteiger partial charge on any atom is 0.411 e. The number of carbonyl (C=O) groups excluding carboxylic acids is 1. The molecule has 2 aromatic rings. The molecule has 23 heavy (non-hydrogen) atoms. The van der Waals surface area contributed by atoms with Crippen molar-refractivity contribution in [1.82, 2.24) is 0 Å². The summed E-state index contributed by atoms with van der Waals surface area (Å²) in [5.41, 5.74) is -4.62. The summed E-state index contributed by atoms with van der Waals surface area (Å²) in [7, 11) is 0. The molecule has 8 heteroatoms. The van der Waals surface area contributed by atoms with E-state index in [1.807, 2.05) is 0 Å². The zero-order valence-electron chi connectivity index (χ0n) is 11.7. The first-order chi connectivity index (χ1) is 10.5. The van der Waals surface area contributed by atoms with Crippen molar-refractivity contribution in [1.29, 1.82) is 0 Å². The molecule has 2 rings (SSSR count). The molecule has 2 nitrogen and oxygen atoms in total. The highest BCUT2D eigenvalue weighted by atomic mass is 19.4. The first-order valence-corrected chi connectivity index (χ1v) is 6.41. The number of alkyl halides is 6. The Labute approximate surface area is 127 Å². The molecule has 0 atom stereocenters. The summed E-state index contributed by atoms with van der Waals surface area (Å²) in [6, 6.07) is 10.6. The van der Waals surface area contributed by atoms with E-state index in [9.17, 15) is 31.1 Å². The van der Waals surface area contributed by atoms with Gasteiger partial charge in [0, 0.05) is 11.1 Å². The van der Waals surface area contributed by atoms with Gasteiger partial charge in [0.05, 0.1) is 0 Å². The predicted octanol–water partition coefficient (Wildman–Crippen LogP) is 4.91. The Bertz CT molecular complexity index is 715. The van der Waals surface area contributed by atoms with Gasteiger partial charge in [0.15, 0.2) is 0 Å². The lowest BCUT2D eigenvalue weighted by atomic mass is 9.87. The lowest BCUT2D eigenvalue weighted by Gasteiger charge is -2.32. The van der Waals surface area contributed by atoms with Crippen molar-refractivity contribution in [3.63, 3.8) is 0 Å². The van der Waals surface area contributed by atoms with E-state index in [0.29, 0.717) is 10.8 Å². The standard InChI is InChI=1S/C15H11F6NO/c1-13(14(16,17)18,15(19,20)21)12(23)22-11-8-4-6-9-5-2-3-7-10(9)11/h2-8H,1H3,(H,22,23). The Hall–Kier alpha value is -2.25. The number of rotatable bonds is 2. The molecule has 0 aliphatic rings. The van der Waals surface area contributed by atoms with Crippen molar-refractivity contribution >= 4 is 22.4 Å². The summed E-state index contributed by atoms with van der Waals surface area (Å²) in [4.78, 5) is 11.8. The molecule has 0 unspecified atom stereocenters. The Kier molecular flexibility index (Phi) is 4.04. The molecule has 0 fully saturated rings. The van der Waals surface area contributed by atoms with Gasteiger partial charge in [-0.2, -0.15) is 26.3 Å². The van der Waals surface area contributed by atoms with E-state index in [-0.39, 0.29) is 12.6 Å². The second-order valence-electron chi connectivity index (χ2n) is 5.10. The number of hydrogen-bond acceptors (Lipinski definition) is 1. The lowest BCUT2D eigenvalue weighted by molar-refractivity contribution is -0.317. The maximum absolute atomic E-state index is 12.9. The van der Waals surface area contributed by atoms with E-state index in [1.54, 1.807) is 29.6 Å². The number of nitrogens with one attached hydrogen (secondary N) is 1. The summed E-state index contributed by atoms with van der Waals surface area (Å²) >= 11 is 0. The minimum absolute atomic E-state index is 0.118. The molecule has 0 heterocycles. The van der Waals surface area contributed by atoms with Crippen LogP contribution in [0.5, 0.6) is 0 Å². The van der Waals surface area contributed by atoms with Crippen molar-refractivity contribution in [2.75, 3.05) is 5.32 Å². The van der Waals surface area contributed by atoms with Crippen LogP contribution in [0.3, 0.4) is 0 Å². The molecule has 0 saturated carbocycles. The molecule has 0 saturated heterocycles. The van der Waals surface area contributed by atoms with E-state index in [0.717, 1.165) is 0 Å². The zero-order valence-corrected chi connectivity index (χ0v) is 11.7. The molecule has 124 valence electrons. The number of carbonyl (C=O) groups is 1. The van der Waals surface area contributed by atoms with Gasteiger partial charge in [0.1, 0.15) is 0 Å². The number of anilines is 1. The summed E-state index contributed by atoms with van der Waals surface area (Å²) in [6.07, 6.45) is -11.6. The molecule has 1 N–H and O–H groups in total. The topological polar surface area (TPSA) is 29.1 Å². The maximum atomic E-state index is 12.9. The third-order valence-corrected chi connectivity index (χ3v) is 3.63. The van der Waals surface area contributed by atoms with Gasteiger partial charge in [-0.25, -0.2) is 0 Å². The molecule has 0 bridgehead atoms. The number of fused-ring (bicyclic) bond motifs is 1. The van der Waals surface area contributed by atoms with Gasteiger partial charge < -0.3 is 5.32 Å². The monoisotopic (exact) mass is 335 g/mol. The van der Waals surface area contributed by atoms with Crippen molar-refractivity contribution in [3.8, 4) is 0 Å². The molecule has 1 amide bonds. The second-order valence-corrected chi connectivity index (χ2v) is 5.10. The van der Waals surface area contributed by atoms with E-state index in [1.165, 1.54) is 18.2 Å². The van der Waals surface area contributed by atoms with Gasteiger partial charge in [0.2, 0.25) is 11.3 Å². The van der Waals surface area contributed by atoms with Crippen LogP contribution in [-0.4, -0.2) is 18.3 Å². The Morgan fingerprint density at radius 2 is 1.39 bits per heavy atom. The minimum atomic E-state index is -5.78. The largest absolute Gasteiger partial charge is 0.411 e. The fourth-order valence-corrected chi connectivity index (χ4v) is 2.00. The number of amides is 1. The number of hydrogen-bond donors (Lipinski definition) is 1. The molecular formula is C15H11F6NO. The summed E-state index contributed by atoms with van der Waals surface area (Å²) in [5.74, 6) is -2.17. The van der Waals surface area contributed by atoms with Gasteiger partial charge in [-0.15, -0.1) is 0 Å². The average molecular weight is 335 g/mol. The van der Waals surface area contributed by atoms with Crippen LogP contribution in [0.2, 0.25) is 0 Å². The molecule has 2 aromatic carbocycles. The van der Waals surface area contributed by atoms with Crippen LogP contribution in [-0.2, 0) is 4.79 Å². The molecule has 0 aliphatic carbocycles. The molecule has 0 aromatic heterocycles. The summed E-state index contributed by atoms with van der Waals surface area (Å²) in [6.45, 7) is -0.173. The first-order valence-electron chi connectivity index (χ1n) is 6.41. The average Bonchev–Trinajstić information content (AvgIpc) is 2.44. The minimum Gasteiger partial charge on any atom is -0.324 e. The predicted molar refractivity (Wildman–Crippen MR) is 72.8 cm³/mol. The highest BCUT2D eigenvalue weighted by Crippen LogP contribution is 2.50. The number of halogens is 6. The van der Waals surface area contributed by atoms with Crippen LogP contribution in [0, 0.1) is 5.41 Å². The van der Waals surface area contributed by atoms with Gasteiger partial charge in [-0.1, -0.05) is 36.4 Å². The SMILES string of the molecule is CC(C(=O)Nc1cccc2ccccc12)(C(F)(F)F)C(F)(F)F. The third kappa shape index (κ3) is 2.85. The van der Waals surface area contributed by atoms with Crippen LogP contribution in [0.1, 0.15) is 6.92 Å². The van der Waals surface area contributed by atoms with E-state index < -0.39 is 23.7 Å². The summed E-state index contributed by atoms with van der Waals surface area (Å²) in [5, 5.41) is 2.68.